The Kier molecular flexibility index (Phi) is 5.39. The Morgan fingerprint density at radius 1 is 1.38 bits per heavy atom. The first-order valence-electron chi connectivity index (χ1n) is 7.93. The zero-order valence-electron chi connectivity index (χ0n) is 13.4. The molecule has 1 heterocycles. The Labute approximate surface area is 126 Å². The highest BCUT2D eigenvalue weighted by atomic mass is 16.3. The maximum absolute atomic E-state index is 12.0. The minimum atomic E-state index is -0.248. The van der Waals surface area contributed by atoms with E-state index in [0.717, 1.165) is 43.5 Å². The van der Waals surface area contributed by atoms with Crippen LogP contribution in [0.25, 0.3) is 0 Å². The van der Waals surface area contributed by atoms with E-state index in [2.05, 4.69) is 10.4 Å². The van der Waals surface area contributed by atoms with E-state index in [-0.39, 0.29) is 17.9 Å². The summed E-state index contributed by atoms with van der Waals surface area (Å²) in [4.78, 5) is 12.0. The number of aromatic nitrogens is 2. The summed E-state index contributed by atoms with van der Waals surface area (Å²) in [6.45, 7) is 4.62. The van der Waals surface area contributed by atoms with Gasteiger partial charge in [-0.25, -0.2) is 0 Å². The molecule has 1 fully saturated rings. The molecule has 1 saturated carbocycles. The molecule has 1 amide bonds. The summed E-state index contributed by atoms with van der Waals surface area (Å²) in [5, 5.41) is 17.2. The molecule has 1 aliphatic rings. The highest BCUT2D eigenvalue weighted by Crippen LogP contribution is 2.23. The average Bonchev–Trinajstić information content (AvgIpc) is 2.69. The fraction of sp³-hybridized carbons (Fsp3) is 0.750. The van der Waals surface area contributed by atoms with Gasteiger partial charge in [0.1, 0.15) is 0 Å². The molecule has 5 heteroatoms. The Morgan fingerprint density at radius 3 is 2.71 bits per heavy atom. The fourth-order valence-electron chi connectivity index (χ4n) is 3.18. The number of carbonyl (C=O) groups is 1. The molecule has 0 spiro atoms. The van der Waals surface area contributed by atoms with Gasteiger partial charge in [0.25, 0.3) is 0 Å². The van der Waals surface area contributed by atoms with E-state index in [0.29, 0.717) is 13.0 Å². The zero-order chi connectivity index (χ0) is 15.4. The summed E-state index contributed by atoms with van der Waals surface area (Å²) in [6, 6.07) is 0. The molecule has 0 aromatic carbocycles. The summed E-state index contributed by atoms with van der Waals surface area (Å²) in [5.74, 6) is 0.292. The summed E-state index contributed by atoms with van der Waals surface area (Å²) < 4.78 is 1.86. The topological polar surface area (TPSA) is 67.2 Å². The van der Waals surface area contributed by atoms with E-state index >= 15 is 0 Å². The Balaban J connectivity index is 1.77. The lowest BCUT2D eigenvalue weighted by Gasteiger charge is -2.27. The van der Waals surface area contributed by atoms with Gasteiger partial charge in [0, 0.05) is 31.6 Å². The van der Waals surface area contributed by atoms with Gasteiger partial charge in [-0.05, 0) is 38.7 Å². The van der Waals surface area contributed by atoms with Crippen molar-refractivity contribution in [3.63, 3.8) is 0 Å². The molecule has 2 atom stereocenters. The lowest BCUT2D eigenvalue weighted by molar-refractivity contribution is -0.121. The van der Waals surface area contributed by atoms with Gasteiger partial charge in [-0.15, -0.1) is 0 Å². The summed E-state index contributed by atoms with van der Waals surface area (Å²) in [5.41, 5.74) is 3.30. The van der Waals surface area contributed by atoms with Crippen molar-refractivity contribution in [3.05, 3.63) is 17.0 Å². The third kappa shape index (κ3) is 4.06. The number of aliphatic hydroxyl groups excluding tert-OH is 1. The number of hydrogen-bond acceptors (Lipinski definition) is 3. The van der Waals surface area contributed by atoms with Gasteiger partial charge >= 0.3 is 0 Å². The first-order chi connectivity index (χ1) is 9.99. The van der Waals surface area contributed by atoms with Crippen LogP contribution in [-0.4, -0.2) is 33.4 Å². The molecule has 0 radical (unpaired) electrons. The molecule has 1 aromatic heterocycles. The van der Waals surface area contributed by atoms with Crippen LogP contribution in [0.1, 0.15) is 49.1 Å². The molecule has 1 aromatic rings. The van der Waals surface area contributed by atoms with Crippen LogP contribution in [0.4, 0.5) is 0 Å². The minimum absolute atomic E-state index is 0.0652. The van der Waals surface area contributed by atoms with Crippen LogP contribution >= 0.6 is 0 Å². The normalized spacial score (nSPS) is 22.3. The summed E-state index contributed by atoms with van der Waals surface area (Å²) in [7, 11) is 1.93. The van der Waals surface area contributed by atoms with Crippen molar-refractivity contribution < 1.29 is 9.90 Å². The summed E-state index contributed by atoms with van der Waals surface area (Å²) in [6.07, 6.45) is 5.11. The zero-order valence-corrected chi connectivity index (χ0v) is 13.4. The lowest BCUT2D eigenvalue weighted by Crippen LogP contribution is -2.36. The molecule has 0 aliphatic heterocycles. The molecule has 0 bridgehead atoms. The van der Waals surface area contributed by atoms with Gasteiger partial charge in [0.2, 0.25) is 5.91 Å². The smallest absolute Gasteiger partial charge is 0.220 e. The Hall–Kier alpha value is -1.36. The quantitative estimate of drug-likeness (QED) is 0.867. The Morgan fingerprint density at radius 2 is 2.10 bits per heavy atom. The number of rotatable bonds is 5. The number of aliphatic hydroxyl groups is 1. The highest BCUT2D eigenvalue weighted by Gasteiger charge is 2.23. The molecular weight excluding hydrogens is 266 g/mol. The van der Waals surface area contributed by atoms with Crippen molar-refractivity contribution in [1.29, 1.82) is 0 Å². The monoisotopic (exact) mass is 293 g/mol. The van der Waals surface area contributed by atoms with Crippen LogP contribution in [0, 0.1) is 19.8 Å². The molecular formula is C16H27N3O2. The van der Waals surface area contributed by atoms with Gasteiger partial charge in [-0.3, -0.25) is 9.48 Å². The molecule has 118 valence electrons. The van der Waals surface area contributed by atoms with E-state index in [1.54, 1.807) is 0 Å². The number of amides is 1. The molecule has 21 heavy (non-hydrogen) atoms. The van der Waals surface area contributed by atoms with Gasteiger partial charge in [0.15, 0.2) is 0 Å². The predicted molar refractivity (Wildman–Crippen MR) is 82.0 cm³/mol. The third-order valence-electron chi connectivity index (χ3n) is 4.69. The maximum Gasteiger partial charge on any atom is 0.220 e. The van der Waals surface area contributed by atoms with Crippen LogP contribution in [0.2, 0.25) is 0 Å². The van der Waals surface area contributed by atoms with Crippen LogP contribution in [0.5, 0.6) is 0 Å². The molecule has 2 rings (SSSR count). The van der Waals surface area contributed by atoms with Crippen LogP contribution in [0.3, 0.4) is 0 Å². The van der Waals surface area contributed by atoms with Crippen molar-refractivity contribution >= 4 is 5.91 Å². The van der Waals surface area contributed by atoms with Crippen molar-refractivity contribution in [2.24, 2.45) is 13.0 Å². The third-order valence-corrected chi connectivity index (χ3v) is 4.69. The van der Waals surface area contributed by atoms with Gasteiger partial charge in [-0.2, -0.15) is 5.10 Å². The number of nitrogens with one attached hydrogen (secondary N) is 1. The minimum Gasteiger partial charge on any atom is -0.393 e. The van der Waals surface area contributed by atoms with E-state index < -0.39 is 0 Å². The maximum atomic E-state index is 12.0. The Bertz CT molecular complexity index is 496. The first-order valence-corrected chi connectivity index (χ1v) is 7.93. The van der Waals surface area contributed by atoms with Crippen molar-refractivity contribution in [3.8, 4) is 0 Å². The van der Waals surface area contributed by atoms with Gasteiger partial charge in [0.05, 0.1) is 11.8 Å². The average molecular weight is 293 g/mol. The standard InChI is InChI=1S/C16H27N3O2/c1-11-14(12(2)19(3)18-11)8-9-16(21)17-10-13-6-4-5-7-15(13)20/h13,15,20H,4-10H2,1-3H3,(H,17,21). The van der Waals surface area contributed by atoms with Crippen molar-refractivity contribution in [2.45, 2.75) is 58.5 Å². The van der Waals surface area contributed by atoms with Gasteiger partial charge in [-0.1, -0.05) is 12.8 Å². The second kappa shape index (κ2) is 7.07. The molecule has 5 nitrogen and oxygen atoms in total. The number of nitrogens with zero attached hydrogens (tertiary/aromatic N) is 2. The van der Waals surface area contributed by atoms with E-state index in [9.17, 15) is 9.90 Å². The molecule has 2 unspecified atom stereocenters. The van der Waals surface area contributed by atoms with E-state index in [4.69, 9.17) is 0 Å². The molecule has 2 N–H and O–H groups in total. The SMILES string of the molecule is Cc1nn(C)c(C)c1CCC(=O)NCC1CCCCC1O. The summed E-state index contributed by atoms with van der Waals surface area (Å²) >= 11 is 0. The van der Waals surface area contributed by atoms with Crippen LogP contribution < -0.4 is 5.32 Å². The van der Waals surface area contributed by atoms with Crippen LogP contribution in [0.15, 0.2) is 0 Å². The number of aryl methyl sites for hydroxylation is 2. The van der Waals surface area contributed by atoms with Crippen molar-refractivity contribution in [1.82, 2.24) is 15.1 Å². The van der Waals surface area contributed by atoms with Crippen LogP contribution in [-0.2, 0) is 18.3 Å². The van der Waals surface area contributed by atoms with E-state index in [1.807, 2.05) is 25.6 Å². The van der Waals surface area contributed by atoms with Gasteiger partial charge < -0.3 is 10.4 Å². The second-order valence-corrected chi connectivity index (χ2v) is 6.19. The number of hydrogen-bond donors (Lipinski definition) is 2. The first kappa shape index (κ1) is 16.0. The van der Waals surface area contributed by atoms with Crippen molar-refractivity contribution in [2.75, 3.05) is 6.54 Å². The lowest BCUT2D eigenvalue weighted by atomic mass is 9.86. The second-order valence-electron chi connectivity index (χ2n) is 6.19. The molecule has 0 saturated heterocycles. The predicted octanol–water partition coefficient (Wildman–Crippen LogP) is 1.64. The van der Waals surface area contributed by atoms with E-state index in [1.165, 1.54) is 5.56 Å². The highest BCUT2D eigenvalue weighted by molar-refractivity contribution is 5.76. The fourth-order valence-corrected chi connectivity index (χ4v) is 3.18. The largest absolute Gasteiger partial charge is 0.393 e. The molecule has 1 aliphatic carbocycles. The number of carbonyl (C=O) groups excluding carboxylic acids is 1.